The third-order valence-corrected chi connectivity index (χ3v) is 4.15. The monoisotopic (exact) mass is 224 g/mol. The minimum Gasteiger partial charge on any atom is -0.387 e. The van der Waals surface area contributed by atoms with Crippen LogP contribution >= 0.6 is 0 Å². The lowest BCUT2D eigenvalue weighted by Gasteiger charge is -2.47. The minimum atomic E-state index is -0.453. The van der Waals surface area contributed by atoms with Gasteiger partial charge in [-0.3, -0.25) is 9.69 Å². The molecule has 0 spiro atoms. The van der Waals surface area contributed by atoms with E-state index >= 15 is 0 Å². The van der Waals surface area contributed by atoms with E-state index in [0.29, 0.717) is 25.6 Å². The van der Waals surface area contributed by atoms with Crippen molar-refractivity contribution in [1.82, 2.24) is 9.80 Å². The molecule has 2 saturated heterocycles. The Bertz CT molecular complexity index is 289. The van der Waals surface area contributed by atoms with Crippen molar-refractivity contribution in [2.45, 2.75) is 31.3 Å². The lowest BCUT2D eigenvalue weighted by molar-refractivity contribution is -0.143. The molecular formula is C12H20N2O2. The van der Waals surface area contributed by atoms with Gasteiger partial charge in [0, 0.05) is 26.2 Å². The van der Waals surface area contributed by atoms with Crippen LogP contribution in [-0.2, 0) is 4.79 Å². The van der Waals surface area contributed by atoms with E-state index in [1.807, 2.05) is 4.90 Å². The maximum Gasteiger partial charge on any atom is 0.236 e. The van der Waals surface area contributed by atoms with Gasteiger partial charge in [-0.2, -0.15) is 0 Å². The van der Waals surface area contributed by atoms with E-state index in [0.717, 1.165) is 25.9 Å². The Balaban J connectivity index is 1.45. The van der Waals surface area contributed by atoms with E-state index in [-0.39, 0.29) is 5.91 Å². The highest BCUT2D eigenvalue weighted by Gasteiger charge is 2.52. The molecule has 1 aliphatic carbocycles. The topological polar surface area (TPSA) is 43.8 Å². The number of carbonyl (C=O) groups is 1. The van der Waals surface area contributed by atoms with Crippen LogP contribution in [0.1, 0.15) is 25.7 Å². The van der Waals surface area contributed by atoms with Gasteiger partial charge < -0.3 is 10.0 Å². The van der Waals surface area contributed by atoms with Crippen LogP contribution in [0.25, 0.3) is 0 Å². The normalized spacial score (nSPS) is 29.2. The van der Waals surface area contributed by atoms with Crippen molar-refractivity contribution >= 4 is 5.91 Å². The summed E-state index contributed by atoms with van der Waals surface area (Å²) in [6, 6.07) is 0. The molecule has 0 unspecified atom stereocenters. The summed E-state index contributed by atoms with van der Waals surface area (Å²) >= 11 is 0. The molecule has 3 aliphatic rings. The number of hydrogen-bond donors (Lipinski definition) is 1. The molecular weight excluding hydrogens is 204 g/mol. The van der Waals surface area contributed by atoms with Crippen LogP contribution in [0.5, 0.6) is 0 Å². The van der Waals surface area contributed by atoms with Crippen LogP contribution < -0.4 is 0 Å². The third kappa shape index (κ3) is 1.84. The first-order valence-corrected chi connectivity index (χ1v) is 6.40. The second-order valence-corrected chi connectivity index (χ2v) is 5.61. The van der Waals surface area contributed by atoms with Crippen LogP contribution in [0.3, 0.4) is 0 Å². The first-order chi connectivity index (χ1) is 7.67. The highest BCUT2D eigenvalue weighted by molar-refractivity contribution is 5.78. The highest BCUT2D eigenvalue weighted by atomic mass is 16.3. The van der Waals surface area contributed by atoms with Gasteiger partial charge in [0.15, 0.2) is 0 Å². The molecule has 4 heteroatoms. The largest absolute Gasteiger partial charge is 0.387 e. The van der Waals surface area contributed by atoms with Gasteiger partial charge in [0.25, 0.3) is 0 Å². The number of hydrogen-bond acceptors (Lipinski definition) is 3. The van der Waals surface area contributed by atoms with Crippen LogP contribution in [0.15, 0.2) is 0 Å². The number of amides is 1. The summed E-state index contributed by atoms with van der Waals surface area (Å²) in [6.45, 7) is 3.78. The molecule has 0 aromatic rings. The van der Waals surface area contributed by atoms with Gasteiger partial charge in [-0.15, -0.1) is 0 Å². The average molecular weight is 224 g/mol. The van der Waals surface area contributed by atoms with E-state index < -0.39 is 5.60 Å². The van der Waals surface area contributed by atoms with Crippen molar-refractivity contribution in [2.75, 3.05) is 32.7 Å². The fourth-order valence-electron chi connectivity index (χ4n) is 2.98. The molecule has 0 atom stereocenters. The lowest BCUT2D eigenvalue weighted by Crippen LogP contribution is -2.64. The Morgan fingerprint density at radius 1 is 1.25 bits per heavy atom. The van der Waals surface area contributed by atoms with Crippen LogP contribution in [0.2, 0.25) is 0 Å². The zero-order valence-corrected chi connectivity index (χ0v) is 9.69. The molecule has 16 heavy (non-hydrogen) atoms. The van der Waals surface area contributed by atoms with Gasteiger partial charge in [0.2, 0.25) is 5.91 Å². The molecule has 3 rings (SSSR count). The quantitative estimate of drug-likeness (QED) is 0.737. The standard InChI is InChI=1S/C12H20N2O2/c15-11(14-5-1-2-6-14)7-13-8-12(16,9-13)10-3-4-10/h10,16H,1-9H2. The first-order valence-electron chi connectivity index (χ1n) is 6.40. The average Bonchev–Trinajstić information content (AvgIpc) is 2.92. The number of nitrogens with zero attached hydrogens (tertiary/aromatic N) is 2. The Hall–Kier alpha value is -0.610. The Morgan fingerprint density at radius 2 is 1.88 bits per heavy atom. The van der Waals surface area contributed by atoms with Crippen LogP contribution in [-0.4, -0.2) is 59.1 Å². The second kappa shape index (κ2) is 3.70. The molecule has 2 aliphatic heterocycles. The summed E-state index contributed by atoms with van der Waals surface area (Å²) in [5.74, 6) is 0.765. The molecule has 0 aromatic carbocycles. The number of carbonyl (C=O) groups excluding carboxylic acids is 1. The van der Waals surface area contributed by atoms with E-state index in [1.165, 1.54) is 12.8 Å². The number of aliphatic hydroxyl groups is 1. The summed E-state index contributed by atoms with van der Waals surface area (Å²) < 4.78 is 0. The van der Waals surface area contributed by atoms with Crippen molar-refractivity contribution in [3.8, 4) is 0 Å². The Kier molecular flexibility index (Phi) is 2.44. The zero-order valence-electron chi connectivity index (χ0n) is 9.69. The number of β-amino-alcohol motifs (C(OH)–C–C–N with tert-alkyl or cyclic N) is 1. The SMILES string of the molecule is O=C(CN1CC(O)(C2CC2)C1)N1CCCC1. The Morgan fingerprint density at radius 3 is 2.44 bits per heavy atom. The molecule has 4 nitrogen and oxygen atoms in total. The minimum absolute atomic E-state index is 0.246. The summed E-state index contributed by atoms with van der Waals surface area (Å²) in [5, 5.41) is 10.1. The molecule has 3 fully saturated rings. The van der Waals surface area contributed by atoms with Crippen molar-refractivity contribution in [1.29, 1.82) is 0 Å². The predicted molar refractivity (Wildman–Crippen MR) is 59.9 cm³/mol. The first kappa shape index (κ1) is 10.5. The van der Waals surface area contributed by atoms with Crippen molar-refractivity contribution in [2.24, 2.45) is 5.92 Å². The third-order valence-electron chi connectivity index (χ3n) is 4.15. The van der Waals surface area contributed by atoms with Crippen LogP contribution in [0.4, 0.5) is 0 Å². The molecule has 2 heterocycles. The maximum absolute atomic E-state index is 11.8. The highest BCUT2D eigenvalue weighted by Crippen LogP contribution is 2.44. The van der Waals surface area contributed by atoms with E-state index in [4.69, 9.17) is 0 Å². The summed E-state index contributed by atoms with van der Waals surface area (Å²) in [6.07, 6.45) is 4.64. The second-order valence-electron chi connectivity index (χ2n) is 5.61. The van der Waals surface area contributed by atoms with Gasteiger partial charge in [-0.05, 0) is 31.6 Å². The molecule has 1 amide bonds. The predicted octanol–water partition coefficient (Wildman–Crippen LogP) is 0.0655. The van der Waals surface area contributed by atoms with Crippen molar-refractivity contribution in [3.63, 3.8) is 0 Å². The zero-order chi connectivity index (χ0) is 11.2. The van der Waals surface area contributed by atoms with Gasteiger partial charge >= 0.3 is 0 Å². The lowest BCUT2D eigenvalue weighted by atomic mass is 9.89. The molecule has 90 valence electrons. The van der Waals surface area contributed by atoms with E-state index in [9.17, 15) is 9.90 Å². The van der Waals surface area contributed by atoms with Crippen molar-refractivity contribution < 1.29 is 9.90 Å². The number of likely N-dealkylation sites (tertiary alicyclic amines) is 2. The Labute approximate surface area is 96.2 Å². The molecule has 0 aromatic heterocycles. The smallest absolute Gasteiger partial charge is 0.236 e. The summed E-state index contributed by atoms with van der Waals surface area (Å²) in [5.41, 5.74) is -0.453. The van der Waals surface area contributed by atoms with E-state index in [1.54, 1.807) is 0 Å². The fraction of sp³-hybridized carbons (Fsp3) is 0.917. The molecule has 0 bridgehead atoms. The number of rotatable bonds is 3. The molecule has 1 N–H and O–H groups in total. The van der Waals surface area contributed by atoms with Crippen molar-refractivity contribution in [3.05, 3.63) is 0 Å². The van der Waals surface area contributed by atoms with Gasteiger partial charge in [-0.1, -0.05) is 0 Å². The molecule has 0 radical (unpaired) electrons. The van der Waals surface area contributed by atoms with Gasteiger partial charge in [-0.25, -0.2) is 0 Å². The molecule has 1 saturated carbocycles. The van der Waals surface area contributed by atoms with Crippen LogP contribution in [0, 0.1) is 5.92 Å². The maximum atomic E-state index is 11.8. The summed E-state index contributed by atoms with van der Waals surface area (Å²) in [7, 11) is 0. The fourth-order valence-corrected chi connectivity index (χ4v) is 2.98. The van der Waals surface area contributed by atoms with E-state index in [2.05, 4.69) is 4.90 Å². The summed E-state index contributed by atoms with van der Waals surface area (Å²) in [4.78, 5) is 15.9. The van der Waals surface area contributed by atoms with Gasteiger partial charge in [0.05, 0.1) is 12.1 Å². The van der Waals surface area contributed by atoms with Gasteiger partial charge in [0.1, 0.15) is 0 Å².